The molecule has 5 heteroatoms. The van der Waals surface area contributed by atoms with E-state index in [1.807, 2.05) is 81.1 Å². The predicted molar refractivity (Wildman–Crippen MR) is 137 cm³/mol. The first kappa shape index (κ1) is 25.8. The first-order valence-electron chi connectivity index (χ1n) is 11.9. The molecule has 0 fully saturated rings. The van der Waals surface area contributed by atoms with Gasteiger partial charge in [-0.15, -0.1) is 0 Å². The lowest BCUT2D eigenvalue weighted by Crippen LogP contribution is -2.34. The predicted octanol–water partition coefficient (Wildman–Crippen LogP) is 7.79. The van der Waals surface area contributed by atoms with Gasteiger partial charge in [0.15, 0.2) is 0 Å². The number of benzene rings is 3. The third-order valence-electron chi connectivity index (χ3n) is 6.03. The molecule has 0 heterocycles. The maximum atomic E-state index is 13.6. The van der Waals surface area contributed by atoms with Crippen LogP contribution < -0.4 is 4.74 Å². The molecule has 0 aliphatic carbocycles. The minimum absolute atomic E-state index is 0.0123. The Balaban J connectivity index is 1.87. The summed E-state index contributed by atoms with van der Waals surface area (Å²) in [6.45, 7) is 8.49. The first-order chi connectivity index (χ1) is 16.3. The minimum atomic E-state index is -0.262. The molecular formula is C29H33ClFNO2. The highest BCUT2D eigenvalue weighted by atomic mass is 35.5. The summed E-state index contributed by atoms with van der Waals surface area (Å²) in [5.74, 6) is 0.664. The molecule has 34 heavy (non-hydrogen) atoms. The molecule has 3 rings (SSSR count). The lowest BCUT2D eigenvalue weighted by atomic mass is 9.88. The second kappa shape index (κ2) is 12.0. The average Bonchev–Trinajstić information content (AvgIpc) is 2.83. The number of rotatable bonds is 10. The first-order valence-corrected chi connectivity index (χ1v) is 12.2. The number of carbonyl (C=O) groups excluding carboxylic acids is 1. The molecule has 0 aliphatic rings. The summed E-state index contributed by atoms with van der Waals surface area (Å²) in [5, 5.41) is 0.672. The van der Waals surface area contributed by atoms with E-state index in [-0.39, 0.29) is 29.8 Å². The molecule has 3 aromatic carbocycles. The van der Waals surface area contributed by atoms with E-state index in [0.717, 1.165) is 22.4 Å². The number of carbonyl (C=O) groups is 1. The van der Waals surface area contributed by atoms with Crippen molar-refractivity contribution in [3.63, 3.8) is 0 Å². The summed E-state index contributed by atoms with van der Waals surface area (Å²) in [4.78, 5) is 14.8. The third-order valence-corrected chi connectivity index (χ3v) is 6.28. The molecule has 2 atom stereocenters. The largest absolute Gasteiger partial charge is 0.491 e. The van der Waals surface area contributed by atoms with Crippen LogP contribution in [-0.4, -0.2) is 23.5 Å². The summed E-state index contributed by atoms with van der Waals surface area (Å²) < 4.78 is 19.4. The van der Waals surface area contributed by atoms with Crippen molar-refractivity contribution >= 4 is 17.5 Å². The number of hydrogen-bond donors (Lipinski definition) is 0. The lowest BCUT2D eigenvalue weighted by Gasteiger charge is -2.31. The average molecular weight is 482 g/mol. The molecule has 0 saturated carbocycles. The van der Waals surface area contributed by atoms with Gasteiger partial charge >= 0.3 is 0 Å². The van der Waals surface area contributed by atoms with Crippen LogP contribution in [0.15, 0.2) is 72.8 Å². The number of halogens is 2. The van der Waals surface area contributed by atoms with Crippen molar-refractivity contribution in [1.29, 1.82) is 0 Å². The van der Waals surface area contributed by atoms with E-state index < -0.39 is 0 Å². The monoisotopic (exact) mass is 481 g/mol. The molecule has 0 N–H and O–H groups in total. The van der Waals surface area contributed by atoms with Crippen molar-refractivity contribution in [2.24, 2.45) is 0 Å². The van der Waals surface area contributed by atoms with Gasteiger partial charge in [-0.1, -0.05) is 54.9 Å². The Bertz CT molecular complexity index is 1050. The Morgan fingerprint density at radius 1 is 0.882 bits per heavy atom. The summed E-state index contributed by atoms with van der Waals surface area (Å²) in [7, 11) is 0. The van der Waals surface area contributed by atoms with Crippen LogP contribution in [-0.2, 0) is 4.79 Å². The molecule has 180 valence electrons. The number of amides is 1. The Morgan fingerprint density at radius 2 is 1.41 bits per heavy atom. The molecule has 0 bridgehead atoms. The Kier molecular flexibility index (Phi) is 9.12. The fourth-order valence-electron chi connectivity index (χ4n) is 4.20. The van der Waals surface area contributed by atoms with E-state index in [1.54, 1.807) is 0 Å². The van der Waals surface area contributed by atoms with Crippen LogP contribution in [0.1, 0.15) is 69.2 Å². The second-order valence-corrected chi connectivity index (χ2v) is 9.23. The Hall–Kier alpha value is -2.85. The van der Waals surface area contributed by atoms with Gasteiger partial charge in [0.25, 0.3) is 0 Å². The topological polar surface area (TPSA) is 29.5 Å². The van der Waals surface area contributed by atoms with Crippen LogP contribution in [0, 0.1) is 5.82 Å². The second-order valence-electron chi connectivity index (χ2n) is 8.80. The van der Waals surface area contributed by atoms with Crippen molar-refractivity contribution in [2.45, 2.75) is 58.6 Å². The van der Waals surface area contributed by atoms with Gasteiger partial charge in [-0.2, -0.15) is 0 Å². The van der Waals surface area contributed by atoms with Crippen molar-refractivity contribution in [2.75, 3.05) is 6.54 Å². The number of ether oxygens (including phenoxy) is 1. The van der Waals surface area contributed by atoms with Gasteiger partial charge in [0.1, 0.15) is 11.6 Å². The molecule has 3 aromatic rings. The molecule has 0 aromatic heterocycles. The van der Waals surface area contributed by atoms with E-state index in [4.69, 9.17) is 16.3 Å². The maximum absolute atomic E-state index is 13.6. The SMILES string of the molecule is CCC(=O)N(CC[C@@H](c1ccc(F)cc1)c1ccc(OC(C)C)cc1)[C@H](C)c1ccc(Cl)cc1. The maximum Gasteiger partial charge on any atom is 0.222 e. The fraction of sp³-hybridized carbons (Fsp3) is 0.345. The van der Waals surface area contributed by atoms with Gasteiger partial charge in [-0.3, -0.25) is 4.79 Å². The molecule has 1 amide bonds. The summed E-state index contributed by atoms with van der Waals surface area (Å²) in [5.41, 5.74) is 3.16. The molecule has 0 aliphatic heterocycles. The van der Waals surface area contributed by atoms with E-state index in [2.05, 4.69) is 12.1 Å². The van der Waals surface area contributed by atoms with E-state index in [1.165, 1.54) is 12.1 Å². The normalized spacial score (nSPS) is 12.9. The highest BCUT2D eigenvalue weighted by molar-refractivity contribution is 6.30. The zero-order valence-electron chi connectivity index (χ0n) is 20.3. The van der Waals surface area contributed by atoms with Crippen molar-refractivity contribution in [3.05, 3.63) is 100 Å². The van der Waals surface area contributed by atoms with Gasteiger partial charge in [0.05, 0.1) is 12.1 Å². The van der Waals surface area contributed by atoms with E-state index in [0.29, 0.717) is 24.4 Å². The molecule has 0 unspecified atom stereocenters. The van der Waals surface area contributed by atoms with Crippen molar-refractivity contribution in [1.82, 2.24) is 4.90 Å². The molecular weight excluding hydrogens is 449 g/mol. The van der Waals surface area contributed by atoms with Crippen molar-refractivity contribution in [3.8, 4) is 5.75 Å². The van der Waals surface area contributed by atoms with E-state index in [9.17, 15) is 9.18 Å². The molecule has 0 radical (unpaired) electrons. The van der Waals surface area contributed by atoms with Gasteiger partial charge in [-0.25, -0.2) is 4.39 Å². The van der Waals surface area contributed by atoms with E-state index >= 15 is 0 Å². The Morgan fingerprint density at radius 3 is 1.94 bits per heavy atom. The number of hydrogen-bond acceptors (Lipinski definition) is 2. The van der Waals surface area contributed by atoms with Crippen LogP contribution in [0.4, 0.5) is 4.39 Å². The van der Waals surface area contributed by atoms with Crippen LogP contribution in [0.25, 0.3) is 0 Å². The lowest BCUT2D eigenvalue weighted by molar-refractivity contribution is -0.133. The zero-order chi connectivity index (χ0) is 24.7. The number of nitrogens with zero attached hydrogens (tertiary/aromatic N) is 1. The van der Waals surface area contributed by atoms with Gasteiger partial charge in [0, 0.05) is 23.9 Å². The molecule has 0 saturated heterocycles. The Labute approximate surface area is 207 Å². The summed E-state index contributed by atoms with van der Waals surface area (Å²) in [6, 6.07) is 22.2. The van der Waals surface area contributed by atoms with Crippen LogP contribution in [0.2, 0.25) is 5.02 Å². The zero-order valence-corrected chi connectivity index (χ0v) is 21.1. The molecule has 3 nitrogen and oxygen atoms in total. The van der Waals surface area contributed by atoms with Crippen molar-refractivity contribution < 1.29 is 13.9 Å². The van der Waals surface area contributed by atoms with Crippen LogP contribution in [0.5, 0.6) is 5.75 Å². The van der Waals surface area contributed by atoms with Crippen LogP contribution in [0.3, 0.4) is 0 Å². The highest BCUT2D eigenvalue weighted by Gasteiger charge is 2.23. The minimum Gasteiger partial charge on any atom is -0.491 e. The smallest absolute Gasteiger partial charge is 0.222 e. The standard InChI is InChI=1S/C29H33ClFNO2/c1-5-29(33)32(21(4)22-6-12-25(30)13-7-22)19-18-28(23-8-14-26(31)15-9-23)24-10-16-27(17-11-24)34-20(2)3/h6-17,20-21,28H,5,18-19H2,1-4H3/t21-,28+/m1/s1. The summed E-state index contributed by atoms with van der Waals surface area (Å²) >= 11 is 6.06. The quantitative estimate of drug-likeness (QED) is 0.295. The van der Waals surface area contributed by atoms with Gasteiger partial charge in [-0.05, 0) is 80.3 Å². The molecule has 0 spiro atoms. The van der Waals surface area contributed by atoms with Crippen LogP contribution >= 0.6 is 11.6 Å². The van der Waals surface area contributed by atoms with Gasteiger partial charge < -0.3 is 9.64 Å². The highest BCUT2D eigenvalue weighted by Crippen LogP contribution is 2.32. The van der Waals surface area contributed by atoms with Gasteiger partial charge in [0.2, 0.25) is 5.91 Å². The summed E-state index contributed by atoms with van der Waals surface area (Å²) in [6.07, 6.45) is 1.24. The fourth-order valence-corrected chi connectivity index (χ4v) is 4.32. The third kappa shape index (κ3) is 6.83.